The molecule has 0 saturated heterocycles. The number of rotatable bonds is 4. The SMILES string of the molecule is CC1CCCCC1N(C)S(=O)(=O)c1ccc(CN)s1. The lowest BCUT2D eigenvalue weighted by atomic mass is 9.86. The van der Waals surface area contributed by atoms with E-state index in [1.54, 1.807) is 23.5 Å². The van der Waals surface area contributed by atoms with E-state index in [9.17, 15) is 8.42 Å². The van der Waals surface area contributed by atoms with Gasteiger partial charge < -0.3 is 5.73 Å². The molecule has 4 nitrogen and oxygen atoms in total. The molecule has 1 aliphatic rings. The van der Waals surface area contributed by atoms with E-state index in [0.29, 0.717) is 16.7 Å². The highest BCUT2D eigenvalue weighted by Gasteiger charge is 2.33. The quantitative estimate of drug-likeness (QED) is 0.929. The van der Waals surface area contributed by atoms with Gasteiger partial charge in [-0.2, -0.15) is 4.31 Å². The molecule has 2 rings (SSSR count). The number of thiophene rings is 1. The highest BCUT2D eigenvalue weighted by Crippen LogP contribution is 2.32. The Bertz CT molecular complexity index is 525. The second-order valence-electron chi connectivity index (χ2n) is 5.28. The summed E-state index contributed by atoms with van der Waals surface area (Å²) in [6.07, 6.45) is 4.41. The fraction of sp³-hybridized carbons (Fsp3) is 0.692. The van der Waals surface area contributed by atoms with Crippen LogP contribution in [0.2, 0.25) is 0 Å². The van der Waals surface area contributed by atoms with Crippen molar-refractivity contribution in [1.29, 1.82) is 0 Å². The van der Waals surface area contributed by atoms with E-state index in [1.807, 2.05) is 0 Å². The molecule has 1 aliphatic carbocycles. The molecule has 0 amide bonds. The Morgan fingerprint density at radius 2 is 2.05 bits per heavy atom. The molecule has 108 valence electrons. The third kappa shape index (κ3) is 3.02. The van der Waals surface area contributed by atoms with Crippen LogP contribution in [-0.4, -0.2) is 25.8 Å². The second kappa shape index (κ2) is 5.91. The van der Waals surface area contributed by atoms with Gasteiger partial charge in [0.05, 0.1) is 0 Å². The molecular formula is C13H22N2O2S2. The van der Waals surface area contributed by atoms with Gasteiger partial charge in [-0.1, -0.05) is 19.8 Å². The molecule has 1 aromatic rings. The minimum atomic E-state index is -3.36. The van der Waals surface area contributed by atoms with Gasteiger partial charge in [-0.15, -0.1) is 11.3 Å². The molecule has 2 N–H and O–H groups in total. The lowest BCUT2D eigenvalue weighted by Crippen LogP contribution is -2.42. The average molecular weight is 302 g/mol. The monoisotopic (exact) mass is 302 g/mol. The molecule has 1 fully saturated rings. The van der Waals surface area contributed by atoms with Crippen LogP contribution in [0.15, 0.2) is 16.3 Å². The van der Waals surface area contributed by atoms with Crippen molar-refractivity contribution in [3.05, 3.63) is 17.0 Å². The zero-order valence-electron chi connectivity index (χ0n) is 11.5. The maximum Gasteiger partial charge on any atom is 0.252 e. The van der Waals surface area contributed by atoms with Crippen molar-refractivity contribution in [2.24, 2.45) is 11.7 Å². The van der Waals surface area contributed by atoms with Crippen molar-refractivity contribution in [1.82, 2.24) is 4.31 Å². The van der Waals surface area contributed by atoms with Gasteiger partial charge in [0.2, 0.25) is 0 Å². The van der Waals surface area contributed by atoms with Crippen molar-refractivity contribution in [2.75, 3.05) is 7.05 Å². The average Bonchev–Trinajstić information content (AvgIpc) is 2.88. The zero-order valence-corrected chi connectivity index (χ0v) is 13.1. The van der Waals surface area contributed by atoms with Crippen molar-refractivity contribution >= 4 is 21.4 Å². The number of nitrogens with two attached hydrogens (primary N) is 1. The summed E-state index contributed by atoms with van der Waals surface area (Å²) < 4.78 is 27.2. The predicted octanol–water partition coefficient (Wildman–Crippen LogP) is 2.41. The third-order valence-electron chi connectivity index (χ3n) is 4.00. The summed E-state index contributed by atoms with van der Waals surface area (Å²) in [5, 5.41) is 0. The summed E-state index contributed by atoms with van der Waals surface area (Å²) in [5.74, 6) is 0.433. The molecular weight excluding hydrogens is 280 g/mol. The molecule has 0 bridgehead atoms. The Morgan fingerprint density at radius 1 is 1.37 bits per heavy atom. The van der Waals surface area contributed by atoms with Crippen LogP contribution in [0, 0.1) is 5.92 Å². The van der Waals surface area contributed by atoms with Crippen LogP contribution in [0.25, 0.3) is 0 Å². The maximum atomic E-state index is 12.6. The first-order chi connectivity index (χ1) is 8.96. The van der Waals surface area contributed by atoms with E-state index in [-0.39, 0.29) is 6.04 Å². The van der Waals surface area contributed by atoms with E-state index >= 15 is 0 Å². The lowest BCUT2D eigenvalue weighted by molar-refractivity contribution is 0.213. The second-order valence-corrected chi connectivity index (χ2v) is 8.67. The van der Waals surface area contributed by atoms with Gasteiger partial charge in [-0.25, -0.2) is 8.42 Å². The fourth-order valence-corrected chi connectivity index (χ4v) is 5.67. The van der Waals surface area contributed by atoms with E-state index in [1.165, 1.54) is 17.8 Å². The summed E-state index contributed by atoms with van der Waals surface area (Å²) in [4.78, 5) is 0.906. The first-order valence-electron chi connectivity index (χ1n) is 6.73. The van der Waals surface area contributed by atoms with Gasteiger partial charge >= 0.3 is 0 Å². The van der Waals surface area contributed by atoms with Crippen molar-refractivity contribution in [2.45, 2.75) is 49.4 Å². The van der Waals surface area contributed by atoms with E-state index in [2.05, 4.69) is 6.92 Å². The lowest BCUT2D eigenvalue weighted by Gasteiger charge is -2.35. The summed E-state index contributed by atoms with van der Waals surface area (Å²) in [6.45, 7) is 2.54. The molecule has 0 aromatic carbocycles. The number of nitrogens with zero attached hydrogens (tertiary/aromatic N) is 1. The largest absolute Gasteiger partial charge is 0.326 e. The van der Waals surface area contributed by atoms with Crippen molar-refractivity contribution < 1.29 is 8.42 Å². The van der Waals surface area contributed by atoms with Gasteiger partial charge in [0, 0.05) is 24.5 Å². The van der Waals surface area contributed by atoms with Crippen LogP contribution in [0.3, 0.4) is 0 Å². The maximum absolute atomic E-state index is 12.6. The van der Waals surface area contributed by atoms with Crippen LogP contribution in [0.1, 0.15) is 37.5 Å². The first kappa shape index (κ1) is 15.0. The van der Waals surface area contributed by atoms with E-state index in [0.717, 1.165) is 24.1 Å². The third-order valence-corrected chi connectivity index (χ3v) is 7.46. The topological polar surface area (TPSA) is 63.4 Å². The van der Waals surface area contributed by atoms with Gasteiger partial charge in [0.15, 0.2) is 0 Å². The zero-order chi connectivity index (χ0) is 14.0. The molecule has 1 aromatic heterocycles. The van der Waals surface area contributed by atoms with Gasteiger partial charge in [0.25, 0.3) is 10.0 Å². The molecule has 0 spiro atoms. The number of sulfonamides is 1. The first-order valence-corrected chi connectivity index (χ1v) is 8.99. The fourth-order valence-electron chi connectivity index (χ4n) is 2.76. The van der Waals surface area contributed by atoms with Gasteiger partial charge in [0.1, 0.15) is 4.21 Å². The normalized spacial score (nSPS) is 24.8. The van der Waals surface area contributed by atoms with Crippen LogP contribution in [0.5, 0.6) is 0 Å². The van der Waals surface area contributed by atoms with Gasteiger partial charge in [-0.05, 0) is 30.9 Å². The highest BCUT2D eigenvalue weighted by molar-refractivity contribution is 7.91. The smallest absolute Gasteiger partial charge is 0.252 e. The minimum absolute atomic E-state index is 0.127. The summed E-state index contributed by atoms with van der Waals surface area (Å²) in [5.41, 5.74) is 5.55. The molecule has 0 radical (unpaired) electrons. The Balaban J connectivity index is 2.23. The van der Waals surface area contributed by atoms with Gasteiger partial charge in [-0.3, -0.25) is 0 Å². The Labute approximate surface area is 119 Å². The van der Waals surface area contributed by atoms with E-state index < -0.39 is 10.0 Å². The minimum Gasteiger partial charge on any atom is -0.326 e. The van der Waals surface area contributed by atoms with Crippen molar-refractivity contribution in [3.63, 3.8) is 0 Å². The molecule has 0 aliphatic heterocycles. The van der Waals surface area contributed by atoms with Crippen molar-refractivity contribution in [3.8, 4) is 0 Å². The molecule has 2 unspecified atom stereocenters. The number of hydrogen-bond donors (Lipinski definition) is 1. The molecule has 1 heterocycles. The predicted molar refractivity (Wildman–Crippen MR) is 78.6 cm³/mol. The van der Waals surface area contributed by atoms with Crippen LogP contribution >= 0.6 is 11.3 Å². The summed E-state index contributed by atoms with van der Waals surface area (Å²) >= 11 is 1.28. The van der Waals surface area contributed by atoms with Crippen LogP contribution in [-0.2, 0) is 16.6 Å². The Kier molecular flexibility index (Phi) is 4.66. The van der Waals surface area contributed by atoms with E-state index in [4.69, 9.17) is 5.73 Å². The molecule has 19 heavy (non-hydrogen) atoms. The Hall–Kier alpha value is -0.430. The number of hydrogen-bond acceptors (Lipinski definition) is 4. The molecule has 6 heteroatoms. The summed E-state index contributed by atoms with van der Waals surface area (Å²) in [7, 11) is -1.65. The highest BCUT2D eigenvalue weighted by atomic mass is 32.2. The standard InChI is InChI=1S/C13H22N2O2S2/c1-10-5-3-4-6-12(10)15(2)19(16,17)13-8-7-11(9-14)18-13/h7-8,10,12H,3-6,9,14H2,1-2H3. The van der Waals surface area contributed by atoms with Crippen LogP contribution in [0.4, 0.5) is 0 Å². The Morgan fingerprint density at radius 3 is 2.63 bits per heavy atom. The molecule has 1 saturated carbocycles. The molecule has 2 atom stereocenters. The van der Waals surface area contributed by atoms with Crippen LogP contribution < -0.4 is 5.73 Å². The summed E-state index contributed by atoms with van der Waals surface area (Å²) in [6, 6.07) is 3.60.